The van der Waals surface area contributed by atoms with Crippen molar-refractivity contribution in [2.45, 2.75) is 19.6 Å². The lowest BCUT2D eigenvalue weighted by Crippen LogP contribution is -2.38. The van der Waals surface area contributed by atoms with Crippen LogP contribution in [0.5, 0.6) is 5.75 Å². The normalized spacial score (nSPS) is 13.2. The molecular weight excluding hydrogens is 467 g/mol. The van der Waals surface area contributed by atoms with E-state index in [-0.39, 0.29) is 42.4 Å². The second-order valence-corrected chi connectivity index (χ2v) is 5.89. The zero-order chi connectivity index (χ0) is 18.4. The van der Waals surface area contributed by atoms with Gasteiger partial charge in [0.2, 0.25) is 0 Å². The fourth-order valence-corrected chi connectivity index (χ4v) is 2.76. The molecule has 2 aromatic carbocycles. The van der Waals surface area contributed by atoms with E-state index in [4.69, 9.17) is 9.47 Å². The molecule has 1 heterocycles. The third-order valence-electron chi connectivity index (χ3n) is 4.04. The first-order valence-corrected chi connectivity index (χ1v) is 8.36. The van der Waals surface area contributed by atoms with Crippen LogP contribution in [0, 0.1) is 11.6 Å². The third kappa shape index (κ3) is 6.03. The number of nitrogens with one attached hydrogen (secondary N) is 2. The minimum absolute atomic E-state index is 0. The van der Waals surface area contributed by atoms with Crippen molar-refractivity contribution in [3.8, 4) is 5.75 Å². The summed E-state index contributed by atoms with van der Waals surface area (Å²) in [4.78, 5) is 4.16. The summed E-state index contributed by atoms with van der Waals surface area (Å²) in [5.41, 5.74) is 2.44. The average molecular weight is 489 g/mol. The number of halogens is 3. The number of nitrogens with zero attached hydrogens (tertiary/aromatic N) is 1. The zero-order valence-corrected chi connectivity index (χ0v) is 17.3. The molecule has 5 nitrogen and oxygen atoms in total. The second kappa shape index (κ2) is 10.4. The molecule has 0 amide bonds. The number of hydrogen-bond acceptors (Lipinski definition) is 3. The quantitative estimate of drug-likeness (QED) is 0.385. The molecule has 0 spiro atoms. The van der Waals surface area contributed by atoms with Crippen LogP contribution >= 0.6 is 24.0 Å². The molecule has 1 aliphatic heterocycles. The number of fused-ring (bicyclic) bond motifs is 1. The highest BCUT2D eigenvalue weighted by atomic mass is 127. The SMILES string of the molecule is CN=C(NCCc1ccc(F)cc1)NCc1cc(F)cc2c1OCOC2.I. The van der Waals surface area contributed by atoms with E-state index in [0.717, 1.165) is 12.0 Å². The van der Waals surface area contributed by atoms with Gasteiger partial charge in [0.05, 0.1) is 6.61 Å². The minimum atomic E-state index is -0.325. The Kier molecular flexibility index (Phi) is 8.23. The van der Waals surface area contributed by atoms with Gasteiger partial charge in [0.25, 0.3) is 0 Å². The minimum Gasteiger partial charge on any atom is -0.467 e. The Morgan fingerprint density at radius 3 is 2.63 bits per heavy atom. The molecule has 8 heteroatoms. The summed E-state index contributed by atoms with van der Waals surface area (Å²) < 4.78 is 37.4. The van der Waals surface area contributed by atoms with Gasteiger partial charge in [-0.25, -0.2) is 8.78 Å². The fourth-order valence-electron chi connectivity index (χ4n) is 2.76. The maximum Gasteiger partial charge on any atom is 0.191 e. The number of aliphatic imine (C=N–C) groups is 1. The molecule has 0 radical (unpaired) electrons. The van der Waals surface area contributed by atoms with E-state index in [2.05, 4.69) is 15.6 Å². The van der Waals surface area contributed by atoms with Crippen molar-refractivity contribution in [1.82, 2.24) is 10.6 Å². The molecular formula is C19H22F2IN3O2. The Balaban J connectivity index is 0.00000261. The van der Waals surface area contributed by atoms with Crippen LogP contribution in [0.2, 0.25) is 0 Å². The summed E-state index contributed by atoms with van der Waals surface area (Å²) >= 11 is 0. The molecule has 2 N–H and O–H groups in total. The van der Waals surface area contributed by atoms with Gasteiger partial charge in [0.1, 0.15) is 17.4 Å². The van der Waals surface area contributed by atoms with Crippen molar-refractivity contribution in [2.75, 3.05) is 20.4 Å². The molecule has 0 bridgehead atoms. The highest BCUT2D eigenvalue weighted by Gasteiger charge is 2.17. The van der Waals surface area contributed by atoms with E-state index in [9.17, 15) is 8.78 Å². The van der Waals surface area contributed by atoms with Gasteiger partial charge in [-0.15, -0.1) is 24.0 Å². The van der Waals surface area contributed by atoms with Crippen LogP contribution in [0.4, 0.5) is 8.78 Å². The van der Waals surface area contributed by atoms with Crippen LogP contribution < -0.4 is 15.4 Å². The molecule has 0 atom stereocenters. The van der Waals surface area contributed by atoms with Crippen molar-refractivity contribution in [2.24, 2.45) is 4.99 Å². The van der Waals surface area contributed by atoms with Crippen LogP contribution in [0.25, 0.3) is 0 Å². The number of hydrogen-bond donors (Lipinski definition) is 2. The number of rotatable bonds is 5. The van der Waals surface area contributed by atoms with Crippen molar-refractivity contribution >= 4 is 29.9 Å². The summed E-state index contributed by atoms with van der Waals surface area (Å²) in [5, 5.41) is 6.33. The average Bonchev–Trinajstić information content (AvgIpc) is 2.65. The lowest BCUT2D eigenvalue weighted by atomic mass is 10.1. The molecule has 1 aliphatic rings. The Morgan fingerprint density at radius 1 is 1.11 bits per heavy atom. The van der Waals surface area contributed by atoms with Crippen LogP contribution in [0.3, 0.4) is 0 Å². The molecule has 27 heavy (non-hydrogen) atoms. The van der Waals surface area contributed by atoms with Crippen molar-refractivity contribution < 1.29 is 18.3 Å². The lowest BCUT2D eigenvalue weighted by Gasteiger charge is -2.21. The standard InChI is InChI=1S/C19H21F2N3O2.HI/c1-22-19(23-7-6-13-2-4-16(20)5-3-13)24-10-14-8-17(21)9-15-11-25-12-26-18(14)15;/h2-5,8-9H,6-7,10-12H2,1H3,(H2,22,23,24);1H. The Hall–Kier alpha value is -1.94. The monoisotopic (exact) mass is 489 g/mol. The summed E-state index contributed by atoms with van der Waals surface area (Å²) in [5.74, 6) is 0.684. The Morgan fingerprint density at radius 2 is 1.89 bits per heavy atom. The number of ether oxygens (including phenoxy) is 2. The second-order valence-electron chi connectivity index (χ2n) is 5.89. The van der Waals surface area contributed by atoms with E-state index in [0.29, 0.717) is 42.5 Å². The van der Waals surface area contributed by atoms with Gasteiger partial charge in [-0.3, -0.25) is 4.99 Å². The number of benzene rings is 2. The third-order valence-corrected chi connectivity index (χ3v) is 4.04. The van der Waals surface area contributed by atoms with E-state index >= 15 is 0 Å². The first-order chi connectivity index (χ1) is 12.7. The van der Waals surface area contributed by atoms with Gasteiger partial charge in [0, 0.05) is 31.3 Å². The molecule has 2 aromatic rings. The predicted octanol–water partition coefficient (Wildman–Crippen LogP) is 3.36. The van der Waals surface area contributed by atoms with Gasteiger partial charge < -0.3 is 20.1 Å². The maximum atomic E-state index is 13.8. The Bertz CT molecular complexity index is 785. The van der Waals surface area contributed by atoms with E-state index < -0.39 is 0 Å². The molecule has 3 rings (SSSR count). The largest absolute Gasteiger partial charge is 0.467 e. The summed E-state index contributed by atoms with van der Waals surface area (Å²) in [6.07, 6.45) is 0.733. The highest BCUT2D eigenvalue weighted by molar-refractivity contribution is 14.0. The van der Waals surface area contributed by atoms with Crippen LogP contribution in [0.15, 0.2) is 41.4 Å². The molecule has 146 valence electrons. The van der Waals surface area contributed by atoms with Gasteiger partial charge in [-0.05, 0) is 36.2 Å². The first kappa shape index (κ1) is 21.4. The number of guanidine groups is 1. The van der Waals surface area contributed by atoms with E-state index in [1.54, 1.807) is 19.2 Å². The highest BCUT2D eigenvalue weighted by Crippen LogP contribution is 2.29. The maximum absolute atomic E-state index is 13.8. The Labute approximate surface area is 174 Å². The van der Waals surface area contributed by atoms with E-state index in [1.807, 2.05) is 0 Å². The zero-order valence-electron chi connectivity index (χ0n) is 14.9. The topological polar surface area (TPSA) is 54.9 Å². The lowest BCUT2D eigenvalue weighted by molar-refractivity contribution is -0.0172. The molecule has 0 saturated heterocycles. The summed E-state index contributed by atoms with van der Waals surface area (Å²) in [6, 6.07) is 9.27. The van der Waals surface area contributed by atoms with Crippen molar-refractivity contribution in [1.29, 1.82) is 0 Å². The smallest absolute Gasteiger partial charge is 0.191 e. The molecule has 0 unspecified atom stereocenters. The van der Waals surface area contributed by atoms with Crippen LogP contribution in [0.1, 0.15) is 16.7 Å². The van der Waals surface area contributed by atoms with Crippen LogP contribution in [-0.4, -0.2) is 26.3 Å². The van der Waals surface area contributed by atoms with Gasteiger partial charge in [-0.2, -0.15) is 0 Å². The van der Waals surface area contributed by atoms with E-state index in [1.165, 1.54) is 24.3 Å². The molecule has 0 saturated carbocycles. The van der Waals surface area contributed by atoms with Crippen LogP contribution in [-0.2, 0) is 24.3 Å². The fraction of sp³-hybridized carbons (Fsp3) is 0.316. The van der Waals surface area contributed by atoms with Gasteiger partial charge >= 0.3 is 0 Å². The first-order valence-electron chi connectivity index (χ1n) is 8.36. The summed E-state index contributed by atoms with van der Waals surface area (Å²) in [6.45, 7) is 1.51. The van der Waals surface area contributed by atoms with Gasteiger partial charge in [0.15, 0.2) is 12.8 Å². The molecule has 0 aliphatic carbocycles. The van der Waals surface area contributed by atoms with Crippen molar-refractivity contribution in [3.63, 3.8) is 0 Å². The summed E-state index contributed by atoms with van der Waals surface area (Å²) in [7, 11) is 1.67. The molecule has 0 fully saturated rings. The van der Waals surface area contributed by atoms with Gasteiger partial charge in [-0.1, -0.05) is 12.1 Å². The van der Waals surface area contributed by atoms with Crippen molar-refractivity contribution in [3.05, 3.63) is 64.7 Å². The molecule has 0 aromatic heterocycles. The predicted molar refractivity (Wildman–Crippen MR) is 110 cm³/mol.